The third-order valence-electron chi connectivity index (χ3n) is 2.72. The fraction of sp³-hybridized carbons (Fsp3) is 0.0714. The smallest absolute Gasteiger partial charge is 0.251 e. The summed E-state index contributed by atoms with van der Waals surface area (Å²) < 4.78 is 19.1. The number of rotatable bonds is 3. The van der Waals surface area contributed by atoms with Gasteiger partial charge in [-0.1, -0.05) is 12.1 Å². The van der Waals surface area contributed by atoms with Gasteiger partial charge in [-0.05, 0) is 30.7 Å². The van der Waals surface area contributed by atoms with Crippen molar-refractivity contribution in [1.82, 2.24) is 0 Å². The summed E-state index contributed by atoms with van der Waals surface area (Å²) in [6, 6.07) is 9.15. The van der Waals surface area contributed by atoms with Crippen LogP contribution in [0.15, 0.2) is 36.4 Å². The molecule has 1 amide bonds. The van der Waals surface area contributed by atoms with Gasteiger partial charge < -0.3 is 16.2 Å². The highest BCUT2D eigenvalue weighted by atomic mass is 19.1. The average Bonchev–Trinajstić information content (AvgIpc) is 2.34. The van der Waals surface area contributed by atoms with E-state index in [1.165, 1.54) is 12.1 Å². The molecule has 5 heteroatoms. The second-order valence-corrected chi connectivity index (χ2v) is 4.09. The summed E-state index contributed by atoms with van der Waals surface area (Å²) >= 11 is 0. The zero-order valence-electron chi connectivity index (χ0n) is 10.3. The SMILES string of the molecule is Cc1cccc(Oc2ccc(C(N)=O)c(F)c2)c1N. The van der Waals surface area contributed by atoms with Crippen molar-refractivity contribution in [3.8, 4) is 11.5 Å². The molecule has 0 atom stereocenters. The highest BCUT2D eigenvalue weighted by Crippen LogP contribution is 2.30. The Balaban J connectivity index is 2.32. The summed E-state index contributed by atoms with van der Waals surface area (Å²) in [6.07, 6.45) is 0. The van der Waals surface area contributed by atoms with Gasteiger partial charge >= 0.3 is 0 Å². The number of nitrogen functional groups attached to an aromatic ring is 1. The Morgan fingerprint density at radius 1 is 1.26 bits per heavy atom. The van der Waals surface area contributed by atoms with E-state index >= 15 is 0 Å². The summed E-state index contributed by atoms with van der Waals surface area (Å²) in [6.45, 7) is 1.85. The van der Waals surface area contributed by atoms with Crippen molar-refractivity contribution in [2.45, 2.75) is 6.92 Å². The van der Waals surface area contributed by atoms with Crippen LogP contribution in [0.4, 0.5) is 10.1 Å². The Kier molecular flexibility index (Phi) is 3.37. The van der Waals surface area contributed by atoms with Gasteiger partial charge in [-0.2, -0.15) is 0 Å². The fourth-order valence-electron chi connectivity index (χ4n) is 1.63. The van der Waals surface area contributed by atoms with Crippen LogP contribution in [0.5, 0.6) is 11.5 Å². The summed E-state index contributed by atoms with van der Waals surface area (Å²) in [5, 5.41) is 0. The molecule has 0 unspecified atom stereocenters. The Morgan fingerprint density at radius 2 is 2.00 bits per heavy atom. The van der Waals surface area contributed by atoms with Gasteiger partial charge in [-0.3, -0.25) is 4.79 Å². The van der Waals surface area contributed by atoms with Gasteiger partial charge in [0.25, 0.3) is 5.91 Å². The molecule has 0 fully saturated rings. The summed E-state index contributed by atoms with van der Waals surface area (Å²) in [4.78, 5) is 10.9. The molecule has 2 aromatic carbocycles. The van der Waals surface area contributed by atoms with Crippen LogP contribution < -0.4 is 16.2 Å². The first kappa shape index (κ1) is 12.9. The third-order valence-corrected chi connectivity index (χ3v) is 2.72. The van der Waals surface area contributed by atoms with Crippen LogP contribution in [0, 0.1) is 12.7 Å². The third kappa shape index (κ3) is 2.65. The first-order valence-corrected chi connectivity index (χ1v) is 5.61. The maximum absolute atomic E-state index is 13.6. The Morgan fingerprint density at radius 3 is 2.63 bits per heavy atom. The molecule has 19 heavy (non-hydrogen) atoms. The first-order chi connectivity index (χ1) is 8.99. The molecule has 0 aliphatic rings. The van der Waals surface area contributed by atoms with Crippen molar-refractivity contribution in [2.75, 3.05) is 5.73 Å². The second-order valence-electron chi connectivity index (χ2n) is 4.09. The predicted octanol–water partition coefficient (Wildman–Crippen LogP) is 2.61. The Hall–Kier alpha value is -2.56. The molecular formula is C14H13FN2O2. The minimum absolute atomic E-state index is 0.176. The lowest BCUT2D eigenvalue weighted by Crippen LogP contribution is -2.12. The lowest BCUT2D eigenvalue weighted by Gasteiger charge is -2.10. The topological polar surface area (TPSA) is 78.3 Å². The number of ether oxygens (including phenoxy) is 1. The number of anilines is 1. The molecule has 0 saturated carbocycles. The number of carbonyl (C=O) groups is 1. The van der Waals surface area contributed by atoms with Gasteiger partial charge in [0.15, 0.2) is 5.75 Å². The van der Waals surface area contributed by atoms with E-state index in [9.17, 15) is 9.18 Å². The zero-order valence-corrected chi connectivity index (χ0v) is 10.3. The number of benzene rings is 2. The lowest BCUT2D eigenvalue weighted by atomic mass is 10.2. The molecule has 0 saturated heterocycles. The van der Waals surface area contributed by atoms with Gasteiger partial charge in [0.05, 0.1) is 11.3 Å². The molecule has 0 aliphatic heterocycles. The Labute approximate surface area is 109 Å². The van der Waals surface area contributed by atoms with Crippen LogP contribution in [-0.2, 0) is 0 Å². The van der Waals surface area contributed by atoms with Crippen LogP contribution in [0.2, 0.25) is 0 Å². The van der Waals surface area contributed by atoms with Gasteiger partial charge in [-0.25, -0.2) is 4.39 Å². The summed E-state index contributed by atoms with van der Waals surface area (Å²) in [5.74, 6) is -0.860. The van der Waals surface area contributed by atoms with Crippen LogP contribution in [0.25, 0.3) is 0 Å². The van der Waals surface area contributed by atoms with Crippen molar-refractivity contribution >= 4 is 11.6 Å². The molecule has 98 valence electrons. The van der Waals surface area contributed by atoms with Crippen LogP contribution in [0.1, 0.15) is 15.9 Å². The van der Waals surface area contributed by atoms with Crippen molar-refractivity contribution in [2.24, 2.45) is 5.73 Å². The van der Waals surface area contributed by atoms with Gasteiger partial charge in [-0.15, -0.1) is 0 Å². The molecule has 0 aliphatic carbocycles. The normalized spacial score (nSPS) is 10.2. The molecule has 0 radical (unpaired) electrons. The quantitative estimate of drug-likeness (QED) is 0.832. The molecular weight excluding hydrogens is 247 g/mol. The zero-order chi connectivity index (χ0) is 14.0. The van der Waals surface area contributed by atoms with Crippen molar-refractivity contribution in [1.29, 1.82) is 0 Å². The van der Waals surface area contributed by atoms with E-state index in [0.29, 0.717) is 11.4 Å². The summed E-state index contributed by atoms with van der Waals surface area (Å²) in [7, 11) is 0. The van der Waals surface area contributed by atoms with E-state index < -0.39 is 11.7 Å². The van der Waals surface area contributed by atoms with Gasteiger partial charge in [0.2, 0.25) is 0 Å². The number of aryl methyl sites for hydroxylation is 1. The first-order valence-electron chi connectivity index (χ1n) is 5.61. The predicted molar refractivity (Wildman–Crippen MR) is 70.6 cm³/mol. The van der Waals surface area contributed by atoms with E-state index in [0.717, 1.165) is 11.6 Å². The van der Waals surface area contributed by atoms with Gasteiger partial charge in [0.1, 0.15) is 11.6 Å². The lowest BCUT2D eigenvalue weighted by molar-refractivity contribution is 0.0996. The number of halogens is 1. The largest absolute Gasteiger partial charge is 0.455 e. The standard InChI is InChI=1S/C14H13FN2O2/c1-8-3-2-4-12(13(8)16)19-9-5-6-10(14(17)18)11(15)7-9/h2-7H,16H2,1H3,(H2,17,18). The van der Waals surface area contributed by atoms with E-state index in [-0.39, 0.29) is 11.3 Å². The van der Waals surface area contributed by atoms with Crippen LogP contribution in [-0.4, -0.2) is 5.91 Å². The van der Waals surface area contributed by atoms with Crippen LogP contribution in [0.3, 0.4) is 0 Å². The van der Waals surface area contributed by atoms with Crippen LogP contribution >= 0.6 is 0 Å². The Bertz CT molecular complexity index is 641. The number of carbonyl (C=O) groups excluding carboxylic acids is 1. The minimum Gasteiger partial charge on any atom is -0.455 e. The summed E-state index contributed by atoms with van der Waals surface area (Å²) in [5.41, 5.74) is 12.1. The fourth-order valence-corrected chi connectivity index (χ4v) is 1.63. The number of hydrogen-bond acceptors (Lipinski definition) is 3. The molecule has 2 rings (SSSR count). The van der Waals surface area contributed by atoms with E-state index in [2.05, 4.69) is 0 Å². The van der Waals surface area contributed by atoms with Crippen molar-refractivity contribution < 1.29 is 13.9 Å². The molecule has 0 spiro atoms. The average molecular weight is 260 g/mol. The van der Waals surface area contributed by atoms with Crippen molar-refractivity contribution in [3.05, 3.63) is 53.3 Å². The molecule has 4 nitrogen and oxygen atoms in total. The molecule has 2 aromatic rings. The highest BCUT2D eigenvalue weighted by Gasteiger charge is 2.10. The maximum Gasteiger partial charge on any atom is 0.251 e. The maximum atomic E-state index is 13.6. The molecule has 4 N–H and O–H groups in total. The molecule has 0 aromatic heterocycles. The number of nitrogens with two attached hydrogens (primary N) is 2. The van der Waals surface area contributed by atoms with E-state index in [1.807, 2.05) is 13.0 Å². The van der Waals surface area contributed by atoms with Crippen molar-refractivity contribution in [3.63, 3.8) is 0 Å². The van der Waals surface area contributed by atoms with E-state index in [4.69, 9.17) is 16.2 Å². The highest BCUT2D eigenvalue weighted by molar-refractivity contribution is 5.93. The molecule has 0 bridgehead atoms. The van der Waals surface area contributed by atoms with E-state index in [1.54, 1.807) is 12.1 Å². The number of amides is 1. The monoisotopic (exact) mass is 260 g/mol. The number of primary amides is 1. The number of para-hydroxylation sites is 1. The van der Waals surface area contributed by atoms with Gasteiger partial charge in [0, 0.05) is 6.07 Å². The molecule has 0 heterocycles. The number of hydrogen-bond donors (Lipinski definition) is 2. The minimum atomic E-state index is -0.820. The second kappa shape index (κ2) is 4.97.